The number of carbonyl (C=O) groups is 4. The van der Waals surface area contributed by atoms with Crippen LogP contribution in [0.25, 0.3) is 0 Å². The number of ether oxygens (including phenoxy) is 1. The van der Waals surface area contributed by atoms with Gasteiger partial charge in [-0.05, 0) is 66.6 Å². The molecule has 0 unspecified atom stereocenters. The number of aromatic nitrogens is 1. The second-order valence-electron chi connectivity index (χ2n) is 11.6. The Bertz CT molecular complexity index is 1730. The topological polar surface area (TPSA) is 244 Å². The molecule has 7 N–H and O–H groups in total. The third-order valence-electron chi connectivity index (χ3n) is 7.00. The average Bonchev–Trinajstić information content (AvgIpc) is 3.08. The van der Waals surface area contributed by atoms with E-state index in [0.29, 0.717) is 55.0 Å². The molecule has 1 heterocycles. The van der Waals surface area contributed by atoms with Crippen molar-refractivity contribution in [2.45, 2.75) is 70.0 Å². The first-order chi connectivity index (χ1) is 23.8. The van der Waals surface area contributed by atoms with Gasteiger partial charge in [0.2, 0.25) is 11.8 Å². The Labute approximate surface area is 290 Å². The summed E-state index contributed by atoms with van der Waals surface area (Å²) in [4.78, 5) is 52.4. The largest absolute Gasteiger partial charge is 0.443 e. The summed E-state index contributed by atoms with van der Waals surface area (Å²) in [5.74, 6) is -0.496. The van der Waals surface area contributed by atoms with Crippen molar-refractivity contribution in [3.05, 3.63) is 83.6 Å². The fraction of sp³-hybridized carbons (Fsp3) is 0.364. The highest BCUT2D eigenvalue weighted by atomic mass is 32.2. The number of nitrogens with zero attached hydrogens (tertiary/aromatic N) is 3. The molecule has 0 bridgehead atoms. The van der Waals surface area contributed by atoms with Gasteiger partial charge in [-0.15, -0.1) is 5.11 Å². The molecular formula is C33H42N8O8S. The second-order valence-corrected chi connectivity index (χ2v) is 13.0. The minimum atomic E-state index is -4.39. The minimum Gasteiger partial charge on any atom is -0.443 e. The second kappa shape index (κ2) is 19.7. The summed E-state index contributed by atoms with van der Waals surface area (Å²) in [7, 11) is -4.39. The molecule has 0 spiro atoms. The Kier molecular flexibility index (Phi) is 15.4. The van der Waals surface area contributed by atoms with Gasteiger partial charge in [0.05, 0.1) is 23.0 Å². The summed E-state index contributed by atoms with van der Waals surface area (Å²) >= 11 is 0. The van der Waals surface area contributed by atoms with Crippen molar-refractivity contribution >= 4 is 45.4 Å². The number of nitrogens with one attached hydrogen (secondary N) is 4. The SMILES string of the molecule is CC(C)C[C@H](N)C(=O)Nc1ccc(COC(=O)NNC(=O)CCCCCNC(=O)c2ccc(N=NCc3ccccc3S(=O)(=O)O)nc2)cc1. The molecule has 268 valence electrons. The molecule has 0 saturated carbocycles. The van der Waals surface area contributed by atoms with Crippen molar-refractivity contribution in [1.29, 1.82) is 0 Å². The van der Waals surface area contributed by atoms with Crippen molar-refractivity contribution in [3.8, 4) is 0 Å². The molecular weight excluding hydrogens is 668 g/mol. The van der Waals surface area contributed by atoms with Crippen LogP contribution in [-0.4, -0.2) is 54.4 Å². The number of benzene rings is 2. The number of carbonyl (C=O) groups excluding carboxylic acids is 4. The van der Waals surface area contributed by atoms with E-state index >= 15 is 0 Å². The van der Waals surface area contributed by atoms with Gasteiger partial charge < -0.3 is 21.1 Å². The van der Waals surface area contributed by atoms with Crippen LogP contribution in [0.1, 0.15) is 67.4 Å². The molecule has 0 radical (unpaired) electrons. The monoisotopic (exact) mass is 710 g/mol. The lowest BCUT2D eigenvalue weighted by molar-refractivity contribution is -0.122. The van der Waals surface area contributed by atoms with Crippen LogP contribution in [0.5, 0.6) is 0 Å². The van der Waals surface area contributed by atoms with Gasteiger partial charge in [0, 0.05) is 24.8 Å². The number of azo groups is 1. The number of hydrogen-bond acceptors (Lipinski definition) is 11. The van der Waals surface area contributed by atoms with Gasteiger partial charge in [-0.1, -0.05) is 50.6 Å². The summed E-state index contributed by atoms with van der Waals surface area (Å²) in [5, 5.41) is 13.4. The molecule has 2 aromatic carbocycles. The predicted molar refractivity (Wildman–Crippen MR) is 183 cm³/mol. The van der Waals surface area contributed by atoms with Crippen molar-refractivity contribution in [2.75, 3.05) is 11.9 Å². The first kappa shape index (κ1) is 39.2. The molecule has 16 nitrogen and oxygen atoms in total. The van der Waals surface area contributed by atoms with Crippen LogP contribution in [0, 0.1) is 5.92 Å². The van der Waals surface area contributed by atoms with Crippen LogP contribution in [0.15, 0.2) is 82.0 Å². The third-order valence-corrected chi connectivity index (χ3v) is 7.95. The molecule has 3 rings (SSSR count). The zero-order valence-electron chi connectivity index (χ0n) is 27.8. The van der Waals surface area contributed by atoms with Crippen LogP contribution < -0.4 is 27.2 Å². The van der Waals surface area contributed by atoms with Gasteiger partial charge in [-0.2, -0.15) is 13.5 Å². The number of amides is 4. The van der Waals surface area contributed by atoms with E-state index in [9.17, 15) is 32.1 Å². The fourth-order valence-corrected chi connectivity index (χ4v) is 5.16. The Balaban J connectivity index is 1.25. The van der Waals surface area contributed by atoms with Crippen molar-refractivity contribution < 1.29 is 36.9 Å². The lowest BCUT2D eigenvalue weighted by Gasteiger charge is -2.14. The Morgan fingerprint density at radius 1 is 0.960 bits per heavy atom. The summed E-state index contributed by atoms with van der Waals surface area (Å²) < 4.78 is 37.4. The summed E-state index contributed by atoms with van der Waals surface area (Å²) in [6.07, 6.45) is 3.03. The number of hydrazine groups is 1. The fourth-order valence-electron chi connectivity index (χ4n) is 4.44. The van der Waals surface area contributed by atoms with E-state index in [1.54, 1.807) is 30.3 Å². The van der Waals surface area contributed by atoms with Gasteiger partial charge in [-0.25, -0.2) is 15.2 Å². The first-order valence-corrected chi connectivity index (χ1v) is 17.3. The smallest absolute Gasteiger partial charge is 0.426 e. The van der Waals surface area contributed by atoms with Gasteiger partial charge in [0.15, 0.2) is 5.82 Å². The normalized spacial score (nSPS) is 11.9. The van der Waals surface area contributed by atoms with Crippen LogP contribution in [0.2, 0.25) is 0 Å². The molecule has 3 aromatic rings. The molecule has 0 aliphatic rings. The van der Waals surface area contributed by atoms with Gasteiger partial charge in [-0.3, -0.25) is 24.4 Å². The highest BCUT2D eigenvalue weighted by Crippen LogP contribution is 2.18. The maximum Gasteiger partial charge on any atom is 0.426 e. The van der Waals surface area contributed by atoms with E-state index in [0.717, 1.165) is 0 Å². The van der Waals surface area contributed by atoms with E-state index in [1.807, 2.05) is 13.8 Å². The first-order valence-electron chi connectivity index (χ1n) is 15.9. The van der Waals surface area contributed by atoms with Gasteiger partial charge >= 0.3 is 6.09 Å². The van der Waals surface area contributed by atoms with E-state index in [1.165, 1.54) is 36.5 Å². The van der Waals surface area contributed by atoms with E-state index in [2.05, 4.69) is 36.7 Å². The molecule has 50 heavy (non-hydrogen) atoms. The summed E-state index contributed by atoms with van der Waals surface area (Å²) in [6.45, 7) is 4.21. The molecule has 0 aliphatic carbocycles. The van der Waals surface area contributed by atoms with Crippen LogP contribution >= 0.6 is 0 Å². The van der Waals surface area contributed by atoms with Crippen molar-refractivity contribution in [3.63, 3.8) is 0 Å². The lowest BCUT2D eigenvalue weighted by atomic mass is 10.0. The maximum absolute atomic E-state index is 12.4. The van der Waals surface area contributed by atoms with Crippen LogP contribution in [-0.2, 0) is 37.6 Å². The minimum absolute atomic E-state index is 0.0443. The number of nitrogens with two attached hydrogens (primary N) is 1. The molecule has 0 saturated heterocycles. The molecule has 17 heteroatoms. The number of pyridine rings is 1. The maximum atomic E-state index is 12.4. The average molecular weight is 711 g/mol. The quantitative estimate of drug-likeness (QED) is 0.0505. The zero-order valence-corrected chi connectivity index (χ0v) is 28.6. The standard InChI is InChI=1S/C33H42N8O8S/c1-22(2)18-27(34)32(44)38-26-14-11-23(12-15-26)21-49-33(45)41-40-30(42)10-4-3-7-17-35-31(43)25-13-16-29(36-19-25)39-37-20-24-8-5-6-9-28(24)50(46,47)48/h5-6,8-9,11-16,19,22,27H,3-4,7,10,17-18,20-21,34H2,1-2H3,(H,35,43)(H,38,44)(H,40,42)(H,41,45)(H,46,47,48)/t27-/m0/s1. The Morgan fingerprint density at radius 3 is 2.38 bits per heavy atom. The van der Waals surface area contributed by atoms with E-state index < -0.39 is 28.2 Å². The van der Waals surface area contributed by atoms with Crippen molar-refractivity contribution in [1.82, 2.24) is 21.2 Å². The number of rotatable bonds is 17. The highest BCUT2D eigenvalue weighted by molar-refractivity contribution is 7.85. The van der Waals surface area contributed by atoms with Crippen molar-refractivity contribution in [2.24, 2.45) is 21.9 Å². The molecule has 1 aromatic heterocycles. The third kappa shape index (κ3) is 14.1. The molecule has 0 fully saturated rings. The van der Waals surface area contributed by atoms with Crippen LogP contribution in [0.4, 0.5) is 16.3 Å². The Hall–Kier alpha value is -5.26. The highest BCUT2D eigenvalue weighted by Gasteiger charge is 2.16. The van der Waals surface area contributed by atoms with E-state index in [-0.39, 0.29) is 47.7 Å². The molecule has 1 atom stereocenters. The number of unbranched alkanes of at least 4 members (excludes halogenated alkanes) is 2. The number of hydrogen-bond donors (Lipinski definition) is 6. The summed E-state index contributed by atoms with van der Waals surface area (Å²) in [6, 6.07) is 15.0. The predicted octanol–water partition coefficient (Wildman–Crippen LogP) is 4.17. The Morgan fingerprint density at radius 2 is 1.70 bits per heavy atom. The molecule has 0 aliphatic heterocycles. The molecule has 4 amide bonds. The number of anilines is 1. The lowest BCUT2D eigenvalue weighted by Crippen LogP contribution is -2.41. The van der Waals surface area contributed by atoms with Crippen LogP contribution in [0.3, 0.4) is 0 Å². The van der Waals surface area contributed by atoms with E-state index in [4.69, 9.17) is 10.5 Å². The summed E-state index contributed by atoms with van der Waals surface area (Å²) in [5.41, 5.74) is 12.2. The zero-order chi connectivity index (χ0) is 36.5. The van der Waals surface area contributed by atoms with Gasteiger partial charge in [0.1, 0.15) is 6.61 Å². The van der Waals surface area contributed by atoms with Gasteiger partial charge in [0.25, 0.3) is 16.0 Å².